The molecular weight excluding hydrogens is 160 g/mol. The van der Waals surface area contributed by atoms with E-state index in [-0.39, 0.29) is 0 Å². The molecule has 11 heavy (non-hydrogen) atoms. The minimum Gasteiger partial charge on any atom is -0.463 e. The third-order valence-corrected chi connectivity index (χ3v) is 1.32. The lowest BCUT2D eigenvalue weighted by atomic mass is 10.3. The largest absolute Gasteiger partial charge is 0.463 e. The van der Waals surface area contributed by atoms with Crippen LogP contribution in [-0.4, -0.2) is 0 Å². The molecule has 0 aliphatic carbocycles. The first-order chi connectivity index (χ1) is 5.18. The minimum atomic E-state index is 0.660. The van der Waals surface area contributed by atoms with E-state index in [2.05, 4.69) is 6.58 Å². The van der Waals surface area contributed by atoms with Gasteiger partial charge in [-0.1, -0.05) is 24.2 Å². The summed E-state index contributed by atoms with van der Waals surface area (Å²) in [6.45, 7) is 5.41. The average Bonchev–Trinajstić information content (AvgIpc) is 1.85. The molecule has 1 aromatic rings. The highest BCUT2D eigenvalue weighted by Crippen LogP contribution is 2.18. The van der Waals surface area contributed by atoms with E-state index in [1.807, 2.05) is 12.1 Å². The Bertz CT molecular complexity index is 268. The van der Waals surface area contributed by atoms with E-state index in [9.17, 15) is 0 Å². The van der Waals surface area contributed by atoms with Crippen molar-refractivity contribution < 1.29 is 4.74 Å². The molecule has 0 atom stereocenters. The van der Waals surface area contributed by atoms with E-state index in [0.29, 0.717) is 10.8 Å². The van der Waals surface area contributed by atoms with E-state index in [1.165, 1.54) is 0 Å². The first-order valence-corrected chi connectivity index (χ1v) is 3.65. The summed E-state index contributed by atoms with van der Waals surface area (Å²) in [4.78, 5) is 0. The summed E-state index contributed by atoms with van der Waals surface area (Å²) < 4.78 is 5.22. The van der Waals surface area contributed by atoms with Gasteiger partial charge in [0.1, 0.15) is 5.75 Å². The van der Waals surface area contributed by atoms with Crippen molar-refractivity contribution >= 4 is 11.6 Å². The molecule has 0 amide bonds. The van der Waals surface area contributed by atoms with E-state index in [1.54, 1.807) is 19.1 Å². The Morgan fingerprint density at radius 2 is 2.27 bits per heavy atom. The van der Waals surface area contributed by atoms with E-state index >= 15 is 0 Å². The quantitative estimate of drug-likeness (QED) is 0.616. The summed E-state index contributed by atoms with van der Waals surface area (Å²) in [6, 6.07) is 7.21. The van der Waals surface area contributed by atoms with Crippen LogP contribution in [0.4, 0.5) is 0 Å². The van der Waals surface area contributed by atoms with Crippen LogP contribution in [0.25, 0.3) is 0 Å². The van der Waals surface area contributed by atoms with Crippen molar-refractivity contribution in [3.8, 4) is 5.75 Å². The number of hydrogen-bond acceptors (Lipinski definition) is 1. The molecule has 0 spiro atoms. The maximum atomic E-state index is 5.72. The molecule has 0 saturated carbocycles. The predicted octanol–water partition coefficient (Wildman–Crippen LogP) is 3.25. The van der Waals surface area contributed by atoms with Crippen LogP contribution in [0.5, 0.6) is 5.75 Å². The number of halogens is 1. The van der Waals surface area contributed by atoms with Crippen molar-refractivity contribution in [1.29, 1.82) is 0 Å². The van der Waals surface area contributed by atoms with Gasteiger partial charge in [0.2, 0.25) is 0 Å². The molecule has 1 aromatic carbocycles. The van der Waals surface area contributed by atoms with Crippen molar-refractivity contribution in [2.75, 3.05) is 0 Å². The molecule has 0 N–H and O–H groups in total. The lowest BCUT2D eigenvalue weighted by Gasteiger charge is -2.03. The third kappa shape index (κ3) is 2.64. The van der Waals surface area contributed by atoms with Crippen molar-refractivity contribution in [2.45, 2.75) is 6.92 Å². The number of allylic oxidation sites excluding steroid dienone is 1. The van der Waals surface area contributed by atoms with Gasteiger partial charge in [0.15, 0.2) is 0 Å². The van der Waals surface area contributed by atoms with Crippen LogP contribution < -0.4 is 4.74 Å². The predicted molar refractivity (Wildman–Crippen MR) is 46.9 cm³/mol. The Kier molecular flexibility index (Phi) is 2.55. The van der Waals surface area contributed by atoms with Crippen molar-refractivity contribution in [1.82, 2.24) is 0 Å². The van der Waals surface area contributed by atoms with Crippen LogP contribution in [0, 0.1) is 0 Å². The van der Waals surface area contributed by atoms with Crippen LogP contribution in [0.3, 0.4) is 0 Å². The topological polar surface area (TPSA) is 9.23 Å². The SMILES string of the molecule is C=C(C)Oc1cccc(Cl)c1. The third-order valence-electron chi connectivity index (χ3n) is 1.09. The summed E-state index contributed by atoms with van der Waals surface area (Å²) in [6.07, 6.45) is 0. The minimum absolute atomic E-state index is 0.660. The summed E-state index contributed by atoms with van der Waals surface area (Å²) in [5.41, 5.74) is 0. The Labute approximate surface area is 71.3 Å². The van der Waals surface area contributed by atoms with Gasteiger partial charge in [-0.25, -0.2) is 0 Å². The van der Waals surface area contributed by atoms with Crippen molar-refractivity contribution in [3.05, 3.63) is 41.6 Å². The summed E-state index contributed by atoms with van der Waals surface area (Å²) in [5, 5.41) is 0.670. The van der Waals surface area contributed by atoms with Crippen LogP contribution in [0.1, 0.15) is 6.92 Å². The zero-order valence-electron chi connectivity index (χ0n) is 6.30. The van der Waals surface area contributed by atoms with Gasteiger partial charge < -0.3 is 4.74 Å². The molecule has 0 aromatic heterocycles. The smallest absolute Gasteiger partial charge is 0.128 e. The fraction of sp³-hybridized carbons (Fsp3) is 0.111. The standard InChI is InChI=1S/C9H9ClO/c1-7(2)11-9-5-3-4-8(10)6-9/h3-6H,1H2,2H3. The molecule has 2 heteroatoms. The van der Waals surface area contributed by atoms with Gasteiger partial charge in [0, 0.05) is 5.02 Å². The normalized spacial score (nSPS) is 9.27. The van der Waals surface area contributed by atoms with E-state index < -0.39 is 0 Å². The molecule has 0 radical (unpaired) electrons. The molecule has 0 saturated heterocycles. The molecule has 0 fully saturated rings. The molecule has 1 rings (SSSR count). The van der Waals surface area contributed by atoms with Gasteiger partial charge in [-0.15, -0.1) is 0 Å². The highest BCUT2D eigenvalue weighted by atomic mass is 35.5. The first-order valence-electron chi connectivity index (χ1n) is 3.27. The van der Waals surface area contributed by atoms with Crippen LogP contribution >= 0.6 is 11.6 Å². The maximum absolute atomic E-state index is 5.72. The fourth-order valence-corrected chi connectivity index (χ4v) is 0.912. The Morgan fingerprint density at radius 3 is 2.82 bits per heavy atom. The van der Waals surface area contributed by atoms with Crippen LogP contribution in [-0.2, 0) is 0 Å². The summed E-state index contributed by atoms with van der Waals surface area (Å²) >= 11 is 5.72. The fourth-order valence-electron chi connectivity index (χ4n) is 0.732. The van der Waals surface area contributed by atoms with Gasteiger partial charge in [-0.3, -0.25) is 0 Å². The van der Waals surface area contributed by atoms with Gasteiger partial charge in [-0.2, -0.15) is 0 Å². The van der Waals surface area contributed by atoms with Crippen molar-refractivity contribution in [3.63, 3.8) is 0 Å². The molecule has 58 valence electrons. The van der Waals surface area contributed by atoms with E-state index in [0.717, 1.165) is 5.75 Å². The van der Waals surface area contributed by atoms with Gasteiger partial charge in [0.05, 0.1) is 5.76 Å². The lowest BCUT2D eigenvalue weighted by molar-refractivity contribution is 0.430. The van der Waals surface area contributed by atoms with Gasteiger partial charge in [0.25, 0.3) is 0 Å². The number of ether oxygens (including phenoxy) is 1. The number of rotatable bonds is 2. The zero-order chi connectivity index (χ0) is 8.27. The highest BCUT2D eigenvalue weighted by Gasteiger charge is 1.93. The Hall–Kier alpha value is -0.950. The molecule has 1 nitrogen and oxygen atoms in total. The van der Waals surface area contributed by atoms with Crippen molar-refractivity contribution in [2.24, 2.45) is 0 Å². The molecule has 0 unspecified atom stereocenters. The number of hydrogen-bond donors (Lipinski definition) is 0. The summed E-state index contributed by atoms with van der Waals surface area (Å²) in [5.74, 6) is 1.39. The molecule has 0 aliphatic heterocycles. The lowest BCUT2D eigenvalue weighted by Crippen LogP contribution is -1.87. The average molecular weight is 169 g/mol. The van der Waals surface area contributed by atoms with E-state index in [4.69, 9.17) is 16.3 Å². The molecular formula is C9H9ClO. The Morgan fingerprint density at radius 1 is 1.55 bits per heavy atom. The maximum Gasteiger partial charge on any atom is 0.128 e. The first kappa shape index (κ1) is 8.15. The molecule has 0 aliphatic rings. The monoisotopic (exact) mass is 168 g/mol. The highest BCUT2D eigenvalue weighted by molar-refractivity contribution is 6.30. The molecule has 0 heterocycles. The summed E-state index contributed by atoms with van der Waals surface area (Å²) in [7, 11) is 0. The van der Waals surface area contributed by atoms with Crippen LogP contribution in [0.15, 0.2) is 36.6 Å². The second-order valence-electron chi connectivity index (χ2n) is 2.26. The van der Waals surface area contributed by atoms with Gasteiger partial charge in [-0.05, 0) is 25.1 Å². The zero-order valence-corrected chi connectivity index (χ0v) is 7.06. The molecule has 0 bridgehead atoms. The van der Waals surface area contributed by atoms with Gasteiger partial charge >= 0.3 is 0 Å². The number of benzene rings is 1. The van der Waals surface area contributed by atoms with Crippen LogP contribution in [0.2, 0.25) is 5.02 Å². The Balaban J connectivity index is 2.79. The second kappa shape index (κ2) is 3.44. The second-order valence-corrected chi connectivity index (χ2v) is 2.70.